The number of piperidine rings is 1. The molecule has 4 aliphatic heterocycles. The van der Waals surface area contributed by atoms with Crippen LogP contribution in [-0.2, 0) is 30.8 Å². The Balaban J connectivity index is 0.751. The second-order valence-electron chi connectivity index (χ2n) is 14.7. The van der Waals surface area contributed by atoms with E-state index >= 15 is 0 Å². The summed E-state index contributed by atoms with van der Waals surface area (Å²) in [5.74, 6) is -0.463. The molecule has 0 radical (unpaired) electrons. The van der Waals surface area contributed by atoms with E-state index in [2.05, 4.69) is 25.5 Å². The molecule has 5 heterocycles. The van der Waals surface area contributed by atoms with E-state index < -0.39 is 39.5 Å². The van der Waals surface area contributed by atoms with Gasteiger partial charge in [-0.1, -0.05) is 0 Å². The molecule has 15 nitrogen and oxygen atoms in total. The number of anilines is 2. The summed E-state index contributed by atoms with van der Waals surface area (Å²) in [7, 11) is -3.79. The zero-order valence-electron chi connectivity index (χ0n) is 29.5. The van der Waals surface area contributed by atoms with E-state index in [4.69, 9.17) is 14.2 Å². The van der Waals surface area contributed by atoms with Crippen molar-refractivity contribution in [3.05, 3.63) is 95.8 Å². The van der Waals surface area contributed by atoms with Gasteiger partial charge in [0.05, 0.1) is 45.2 Å². The highest BCUT2D eigenvalue weighted by atomic mass is 32.2. The molecule has 16 heteroatoms. The fourth-order valence-corrected chi connectivity index (χ4v) is 8.83. The van der Waals surface area contributed by atoms with Crippen LogP contribution in [-0.4, -0.2) is 91.4 Å². The molecule has 55 heavy (non-hydrogen) atoms. The van der Waals surface area contributed by atoms with Crippen molar-refractivity contribution < 1.29 is 41.8 Å². The average molecular weight is 765 g/mol. The second-order valence-corrected chi connectivity index (χ2v) is 16.6. The smallest absolute Gasteiger partial charge is 0.262 e. The van der Waals surface area contributed by atoms with E-state index in [1.807, 2.05) is 0 Å². The minimum Gasteiger partial charge on any atom is -0.490 e. The number of carbonyl (C=O) groups is 4. The van der Waals surface area contributed by atoms with Crippen LogP contribution in [0.3, 0.4) is 0 Å². The van der Waals surface area contributed by atoms with Crippen LogP contribution in [0.1, 0.15) is 52.1 Å². The van der Waals surface area contributed by atoms with Crippen LogP contribution in [0, 0.1) is 5.41 Å². The van der Waals surface area contributed by atoms with Crippen molar-refractivity contribution in [2.75, 3.05) is 36.5 Å². The van der Waals surface area contributed by atoms with Gasteiger partial charge >= 0.3 is 0 Å². The van der Waals surface area contributed by atoms with E-state index in [-0.39, 0.29) is 57.9 Å². The molecule has 1 unspecified atom stereocenters. The first-order valence-electron chi connectivity index (χ1n) is 18.1. The van der Waals surface area contributed by atoms with Gasteiger partial charge in [-0.25, -0.2) is 18.4 Å². The lowest BCUT2D eigenvalue weighted by Gasteiger charge is -2.54. The molecular formula is C39H36N6O9S. The van der Waals surface area contributed by atoms with Crippen LogP contribution in [0.15, 0.2) is 88.8 Å². The first-order chi connectivity index (χ1) is 26.5. The molecule has 4 fully saturated rings. The summed E-state index contributed by atoms with van der Waals surface area (Å²) in [6.45, 7) is 3.56. The number of sulfone groups is 1. The van der Waals surface area contributed by atoms with Crippen LogP contribution in [0.4, 0.5) is 11.6 Å². The summed E-state index contributed by atoms with van der Waals surface area (Å²) in [6.07, 6.45) is 3.08. The molecule has 2 N–H and O–H groups in total. The molecule has 1 atom stereocenters. The average Bonchev–Trinajstić information content (AvgIpc) is 3.37. The number of amides is 4. The van der Waals surface area contributed by atoms with Gasteiger partial charge in [-0.2, -0.15) is 0 Å². The van der Waals surface area contributed by atoms with Gasteiger partial charge in [0.15, 0.2) is 0 Å². The number of imide groups is 2. The van der Waals surface area contributed by atoms with Crippen molar-refractivity contribution in [2.24, 2.45) is 5.41 Å². The zero-order valence-corrected chi connectivity index (χ0v) is 30.3. The molecule has 0 bridgehead atoms. The third-order valence-electron chi connectivity index (χ3n) is 10.7. The predicted molar refractivity (Wildman–Crippen MR) is 194 cm³/mol. The standard InChI is InChI=1S/C39H36N6O9S/c46-34-12-11-33(35(47)43-34)45-36(48)31-10-1-23(17-32(31)37(45)49)41-25-15-28(16-25)54-27-4-8-30(9-5-27)55(50,51)29-6-2-26(3-7-29)53-18-24-13-14-40-38(42-24)44-19-39(20-44)21-52-22-39/h1-10,13-14,17,25,28,33,41H,11-12,15-16,18-22H2,(H,43,46,47). The summed E-state index contributed by atoms with van der Waals surface area (Å²) in [6, 6.07) is 18.3. The van der Waals surface area contributed by atoms with E-state index in [9.17, 15) is 27.6 Å². The Bertz CT molecular complexity index is 2320. The Hall–Kier alpha value is -5.87. The number of carbonyl (C=O) groups excluding carboxylic acids is 4. The quantitative estimate of drug-likeness (QED) is 0.213. The highest BCUT2D eigenvalue weighted by molar-refractivity contribution is 7.91. The van der Waals surface area contributed by atoms with Gasteiger partial charge in [0.2, 0.25) is 27.6 Å². The van der Waals surface area contributed by atoms with Gasteiger partial charge in [-0.15, -0.1) is 0 Å². The molecule has 4 aromatic rings. The van der Waals surface area contributed by atoms with Crippen LogP contribution >= 0.6 is 0 Å². The van der Waals surface area contributed by atoms with Crippen LogP contribution in [0.2, 0.25) is 0 Å². The molecule has 1 aliphatic carbocycles. The topological polar surface area (TPSA) is 186 Å². The van der Waals surface area contributed by atoms with Gasteiger partial charge in [-0.3, -0.25) is 29.4 Å². The number of fused-ring (bicyclic) bond motifs is 1. The van der Waals surface area contributed by atoms with Gasteiger partial charge in [0.25, 0.3) is 11.8 Å². The maximum Gasteiger partial charge on any atom is 0.262 e. The number of nitrogens with zero attached hydrogens (tertiary/aromatic N) is 4. The van der Waals surface area contributed by atoms with Gasteiger partial charge in [-0.05, 0) is 79.2 Å². The molecule has 9 rings (SSSR count). The maximum absolute atomic E-state index is 13.4. The lowest BCUT2D eigenvalue weighted by Crippen LogP contribution is -2.66. The van der Waals surface area contributed by atoms with E-state index in [0.29, 0.717) is 36.0 Å². The number of benzene rings is 3. The van der Waals surface area contributed by atoms with Gasteiger partial charge in [0.1, 0.15) is 30.3 Å². The molecule has 3 aromatic carbocycles. The summed E-state index contributed by atoms with van der Waals surface area (Å²) in [5, 5.41) is 5.56. The highest BCUT2D eigenvalue weighted by Crippen LogP contribution is 2.39. The number of hydrogen-bond acceptors (Lipinski definition) is 13. The van der Waals surface area contributed by atoms with E-state index in [0.717, 1.165) is 36.9 Å². The van der Waals surface area contributed by atoms with Gasteiger partial charge in [0, 0.05) is 50.3 Å². The van der Waals surface area contributed by atoms with Gasteiger partial charge < -0.3 is 24.4 Å². The number of ether oxygens (including phenoxy) is 3. The SMILES string of the molecule is O=C1CCC(N2C(=O)c3ccc(NC4CC(Oc5ccc(S(=O)(=O)c6ccc(OCc7ccnc(N8CC9(COC9)C8)n7)cc6)cc5)C4)cc3C2=O)C(=O)N1. The molecule has 1 aromatic heterocycles. The summed E-state index contributed by atoms with van der Waals surface area (Å²) >= 11 is 0. The van der Waals surface area contributed by atoms with E-state index in [1.165, 1.54) is 24.3 Å². The Morgan fingerprint density at radius 1 is 0.873 bits per heavy atom. The predicted octanol–water partition coefficient (Wildman–Crippen LogP) is 3.15. The molecule has 3 saturated heterocycles. The van der Waals surface area contributed by atoms with Crippen molar-refractivity contribution in [3.63, 3.8) is 0 Å². The summed E-state index contributed by atoms with van der Waals surface area (Å²) in [4.78, 5) is 62.4. The fourth-order valence-electron chi connectivity index (χ4n) is 7.57. The van der Waals surface area contributed by atoms with Crippen LogP contribution < -0.4 is 25.0 Å². The second kappa shape index (κ2) is 13.5. The molecule has 4 amide bonds. The summed E-state index contributed by atoms with van der Waals surface area (Å²) in [5.41, 5.74) is 2.06. The molecular weight excluding hydrogens is 729 g/mol. The third-order valence-corrected chi connectivity index (χ3v) is 12.5. The molecule has 5 aliphatic rings. The Morgan fingerprint density at radius 2 is 1.56 bits per heavy atom. The van der Waals surface area contributed by atoms with Crippen molar-refractivity contribution in [2.45, 2.75) is 60.3 Å². The van der Waals surface area contributed by atoms with Crippen molar-refractivity contribution in [1.29, 1.82) is 0 Å². The van der Waals surface area contributed by atoms with Crippen molar-refractivity contribution in [1.82, 2.24) is 20.2 Å². The highest BCUT2D eigenvalue weighted by Gasteiger charge is 2.50. The van der Waals surface area contributed by atoms with Crippen LogP contribution in [0.25, 0.3) is 0 Å². The molecule has 1 spiro atoms. The summed E-state index contributed by atoms with van der Waals surface area (Å²) < 4.78 is 44.1. The zero-order chi connectivity index (χ0) is 37.9. The number of hydrogen-bond donors (Lipinski definition) is 2. The number of rotatable bonds is 11. The number of aromatic nitrogens is 2. The molecule has 1 saturated carbocycles. The van der Waals surface area contributed by atoms with Crippen molar-refractivity contribution in [3.8, 4) is 11.5 Å². The van der Waals surface area contributed by atoms with Crippen molar-refractivity contribution >= 4 is 45.1 Å². The Labute approximate surface area is 315 Å². The lowest BCUT2D eigenvalue weighted by molar-refractivity contribution is -0.136. The largest absolute Gasteiger partial charge is 0.490 e. The normalized spacial score (nSPS) is 22.7. The first-order valence-corrected chi connectivity index (χ1v) is 19.5. The minimum absolute atomic E-state index is 0.0484. The lowest BCUT2D eigenvalue weighted by atomic mass is 9.78. The number of nitrogens with one attached hydrogen (secondary N) is 2. The maximum atomic E-state index is 13.4. The van der Waals surface area contributed by atoms with E-state index in [1.54, 1.807) is 54.7 Å². The Kier molecular flexibility index (Phi) is 8.53. The minimum atomic E-state index is -3.79. The first kappa shape index (κ1) is 34.9. The fraction of sp³-hybridized carbons (Fsp3) is 0.333. The monoisotopic (exact) mass is 764 g/mol. The third kappa shape index (κ3) is 6.54. The van der Waals surface area contributed by atoms with Crippen LogP contribution in [0.5, 0.6) is 11.5 Å². The Morgan fingerprint density at radius 3 is 2.24 bits per heavy atom. The molecule has 282 valence electrons.